The molecule has 0 saturated carbocycles. The molecule has 0 unspecified atom stereocenters. The zero-order valence-electron chi connectivity index (χ0n) is 19.1. The van der Waals surface area contributed by atoms with Crippen molar-refractivity contribution in [2.75, 3.05) is 12.4 Å². The Hall–Kier alpha value is -2.92. The predicted octanol–water partition coefficient (Wildman–Crippen LogP) is 6.62. The number of ether oxygens (including phenoxy) is 1. The first-order valence-corrected chi connectivity index (χ1v) is 12.2. The molecule has 0 bridgehead atoms. The number of nitrogens with one attached hydrogen (secondary N) is 2. The summed E-state index contributed by atoms with van der Waals surface area (Å²) in [6.45, 7) is 2.30. The average molecular weight is 560 g/mol. The second-order valence-corrected chi connectivity index (χ2v) is 10.1. The van der Waals surface area contributed by atoms with Crippen LogP contribution in [0.3, 0.4) is 0 Å². The Kier molecular flexibility index (Phi) is 8.14. The van der Waals surface area contributed by atoms with Gasteiger partial charge in [0.15, 0.2) is 0 Å². The zero-order chi connectivity index (χ0) is 25.4. The number of benzene rings is 3. The van der Waals surface area contributed by atoms with Gasteiger partial charge in [-0.3, -0.25) is 0 Å². The number of hydrogen-bond donors (Lipinski definition) is 2. The number of hydrogen-bond acceptors (Lipinski definition) is 5. The zero-order valence-corrected chi connectivity index (χ0v) is 21.4. The Balaban J connectivity index is 0.00000361. The third kappa shape index (κ3) is 5.89. The van der Waals surface area contributed by atoms with Crippen LogP contribution in [0.5, 0.6) is 5.75 Å². The lowest BCUT2D eigenvalue weighted by molar-refractivity contribution is -0.274. The van der Waals surface area contributed by atoms with Gasteiger partial charge in [-0.1, -0.05) is 29.8 Å². The second-order valence-electron chi connectivity index (χ2n) is 7.85. The Morgan fingerprint density at radius 2 is 1.81 bits per heavy atom. The topological polar surface area (TPSA) is 72.4 Å². The summed E-state index contributed by atoms with van der Waals surface area (Å²) in [5.74, 6) is -0.623. The lowest BCUT2D eigenvalue weighted by Crippen LogP contribution is -2.18. The van der Waals surface area contributed by atoms with Crippen LogP contribution < -0.4 is 15.4 Å². The Morgan fingerprint density at radius 1 is 1.06 bits per heavy atom. The molecule has 6 nitrogen and oxygen atoms in total. The Morgan fingerprint density at radius 3 is 2.47 bits per heavy atom. The van der Waals surface area contributed by atoms with Crippen LogP contribution >= 0.6 is 24.0 Å². The molecule has 0 aliphatic rings. The first kappa shape index (κ1) is 27.7. The van der Waals surface area contributed by atoms with E-state index in [-0.39, 0.29) is 17.3 Å². The van der Waals surface area contributed by atoms with Crippen molar-refractivity contribution in [3.8, 4) is 5.75 Å². The van der Waals surface area contributed by atoms with E-state index >= 15 is 0 Å². The van der Waals surface area contributed by atoms with E-state index in [1.807, 2.05) is 19.1 Å². The highest BCUT2D eigenvalue weighted by molar-refractivity contribution is 7.90. The van der Waals surface area contributed by atoms with Crippen molar-refractivity contribution >= 4 is 56.3 Å². The number of fused-ring (bicyclic) bond motifs is 1. The number of rotatable bonds is 7. The summed E-state index contributed by atoms with van der Waals surface area (Å²) in [7, 11) is -2.53. The molecular formula is C24H22Cl2F3N3O3S. The fraction of sp³-hybridized carbons (Fsp3) is 0.167. The summed E-state index contributed by atoms with van der Waals surface area (Å²) in [5, 5.41) is 7.36. The van der Waals surface area contributed by atoms with Crippen LogP contribution in [0.25, 0.3) is 10.9 Å². The van der Waals surface area contributed by atoms with Crippen molar-refractivity contribution in [1.29, 1.82) is 0 Å². The maximum absolute atomic E-state index is 13.5. The van der Waals surface area contributed by atoms with Crippen molar-refractivity contribution in [3.05, 3.63) is 83.0 Å². The molecule has 0 atom stereocenters. The van der Waals surface area contributed by atoms with Gasteiger partial charge in [0.1, 0.15) is 5.75 Å². The van der Waals surface area contributed by atoms with Crippen molar-refractivity contribution in [2.24, 2.45) is 0 Å². The highest BCUT2D eigenvalue weighted by Crippen LogP contribution is 2.33. The summed E-state index contributed by atoms with van der Waals surface area (Å²) in [6.07, 6.45) is -3.49. The van der Waals surface area contributed by atoms with Crippen LogP contribution in [-0.2, 0) is 16.6 Å². The van der Waals surface area contributed by atoms with Crippen LogP contribution in [0.4, 0.5) is 24.5 Å². The molecule has 1 aromatic heterocycles. The molecule has 2 N–H and O–H groups in total. The van der Waals surface area contributed by atoms with Gasteiger partial charge in [0.05, 0.1) is 21.1 Å². The number of halogens is 5. The van der Waals surface area contributed by atoms with Gasteiger partial charge >= 0.3 is 6.36 Å². The molecule has 0 radical (unpaired) electrons. The number of alkyl halides is 3. The van der Waals surface area contributed by atoms with Crippen LogP contribution in [-0.4, -0.2) is 25.8 Å². The molecule has 0 aliphatic heterocycles. The van der Waals surface area contributed by atoms with Gasteiger partial charge in [-0.25, -0.2) is 12.4 Å². The molecule has 0 saturated heterocycles. The van der Waals surface area contributed by atoms with Crippen molar-refractivity contribution in [1.82, 2.24) is 9.29 Å². The lowest BCUT2D eigenvalue weighted by atomic mass is 10.1. The number of anilines is 2. The smallest absolute Gasteiger partial charge is 0.406 e. The standard InChI is InChI=1S/C24H21ClF3N3O3S.ClH/c1-15-6-9-22(21(25)10-15)30-17-7-8-20-16(13-29-2)14-31(23(20)11-17)35(32,33)19-5-3-4-18(12-19)34-24(26,27)28;/h3-12,14,29-30H,13H2,1-2H3;1H. The third-order valence-corrected chi connectivity index (χ3v) is 7.20. The van der Waals surface area contributed by atoms with Crippen LogP contribution in [0, 0.1) is 6.92 Å². The quantitative estimate of drug-likeness (QED) is 0.266. The molecule has 192 valence electrons. The summed E-state index contributed by atoms with van der Waals surface area (Å²) >= 11 is 6.32. The van der Waals surface area contributed by atoms with E-state index in [1.54, 1.807) is 31.3 Å². The lowest BCUT2D eigenvalue weighted by Gasteiger charge is -2.13. The van der Waals surface area contributed by atoms with E-state index < -0.39 is 22.1 Å². The van der Waals surface area contributed by atoms with Gasteiger partial charge in [0, 0.05) is 29.9 Å². The summed E-state index contributed by atoms with van der Waals surface area (Å²) in [5.41, 5.74) is 3.27. The molecule has 0 fully saturated rings. The van der Waals surface area contributed by atoms with E-state index in [9.17, 15) is 21.6 Å². The SMILES string of the molecule is CNCc1cn(S(=O)(=O)c2cccc(OC(F)(F)F)c2)c2cc(Nc3ccc(C)cc3Cl)ccc12.Cl. The Bertz CT molecular complexity index is 1510. The molecular weight excluding hydrogens is 538 g/mol. The largest absolute Gasteiger partial charge is 0.573 e. The van der Waals surface area contributed by atoms with Gasteiger partial charge in [-0.05, 0) is 61.5 Å². The maximum Gasteiger partial charge on any atom is 0.573 e. The molecule has 12 heteroatoms. The van der Waals surface area contributed by atoms with Crippen molar-refractivity contribution in [2.45, 2.75) is 24.7 Å². The van der Waals surface area contributed by atoms with Crippen LogP contribution in [0.1, 0.15) is 11.1 Å². The number of aryl methyl sites for hydroxylation is 1. The summed E-state index contributed by atoms with van der Waals surface area (Å²) in [4.78, 5) is -0.341. The number of aromatic nitrogens is 1. The van der Waals surface area contributed by atoms with Crippen LogP contribution in [0.15, 0.2) is 71.8 Å². The molecule has 36 heavy (non-hydrogen) atoms. The number of nitrogens with zero attached hydrogens (tertiary/aromatic N) is 1. The molecule has 1 heterocycles. The van der Waals surface area contributed by atoms with Gasteiger partial charge in [-0.2, -0.15) is 0 Å². The van der Waals surface area contributed by atoms with Gasteiger partial charge in [0.25, 0.3) is 10.0 Å². The second kappa shape index (κ2) is 10.6. The van der Waals surface area contributed by atoms with Crippen molar-refractivity contribution in [3.63, 3.8) is 0 Å². The highest BCUT2D eigenvalue weighted by atomic mass is 35.5. The minimum absolute atomic E-state index is 0. The molecule has 0 spiro atoms. The van der Waals surface area contributed by atoms with E-state index in [2.05, 4.69) is 15.4 Å². The average Bonchev–Trinajstić information content (AvgIpc) is 3.13. The highest BCUT2D eigenvalue weighted by Gasteiger charge is 2.32. The summed E-state index contributed by atoms with van der Waals surface area (Å²) < 4.78 is 70.0. The van der Waals surface area contributed by atoms with Crippen LogP contribution in [0.2, 0.25) is 5.02 Å². The fourth-order valence-corrected chi connectivity index (χ4v) is 5.40. The molecule has 4 aromatic rings. The van der Waals surface area contributed by atoms with Crippen molar-refractivity contribution < 1.29 is 26.3 Å². The normalized spacial score (nSPS) is 11.8. The minimum Gasteiger partial charge on any atom is -0.406 e. The monoisotopic (exact) mass is 559 g/mol. The molecule has 3 aromatic carbocycles. The first-order chi connectivity index (χ1) is 16.5. The van der Waals surface area contributed by atoms with Gasteiger partial charge in [-0.15, -0.1) is 25.6 Å². The van der Waals surface area contributed by atoms with E-state index in [0.29, 0.717) is 39.4 Å². The van der Waals surface area contributed by atoms with Gasteiger partial charge < -0.3 is 15.4 Å². The minimum atomic E-state index is -4.94. The summed E-state index contributed by atoms with van der Waals surface area (Å²) in [6, 6.07) is 15.0. The van der Waals surface area contributed by atoms with E-state index in [4.69, 9.17) is 11.6 Å². The van der Waals surface area contributed by atoms with E-state index in [0.717, 1.165) is 21.7 Å². The fourth-order valence-electron chi connectivity index (χ4n) is 3.70. The molecule has 0 amide bonds. The molecule has 4 rings (SSSR count). The third-order valence-electron chi connectivity index (χ3n) is 5.22. The maximum atomic E-state index is 13.5. The first-order valence-electron chi connectivity index (χ1n) is 10.4. The van der Waals surface area contributed by atoms with Gasteiger partial charge in [0.2, 0.25) is 0 Å². The van der Waals surface area contributed by atoms with E-state index in [1.165, 1.54) is 18.3 Å². The molecule has 0 aliphatic carbocycles. The predicted molar refractivity (Wildman–Crippen MR) is 137 cm³/mol. The Labute approximate surface area is 217 Å².